The highest BCUT2D eigenvalue weighted by atomic mass is 32.2. The van der Waals surface area contributed by atoms with Crippen LogP contribution < -0.4 is 4.72 Å². The Morgan fingerprint density at radius 2 is 2.21 bits per heavy atom. The molecular formula is C11H22N2O5S. The van der Waals surface area contributed by atoms with Gasteiger partial charge in [0.2, 0.25) is 0 Å². The van der Waals surface area contributed by atoms with Crippen LogP contribution in [-0.2, 0) is 19.7 Å². The van der Waals surface area contributed by atoms with E-state index in [1.165, 1.54) is 11.4 Å². The molecule has 1 unspecified atom stereocenters. The number of piperidine rings is 1. The molecule has 0 radical (unpaired) electrons. The molecule has 0 aromatic rings. The predicted molar refractivity (Wildman–Crippen MR) is 70.0 cm³/mol. The molecule has 19 heavy (non-hydrogen) atoms. The van der Waals surface area contributed by atoms with Gasteiger partial charge in [0.1, 0.15) is 0 Å². The number of hydrogen-bond donors (Lipinski definition) is 2. The Labute approximate surface area is 114 Å². The van der Waals surface area contributed by atoms with Crippen LogP contribution in [0.25, 0.3) is 0 Å². The highest BCUT2D eigenvalue weighted by molar-refractivity contribution is 7.87. The summed E-state index contributed by atoms with van der Waals surface area (Å²) in [5.41, 5.74) is -0.964. The van der Waals surface area contributed by atoms with Crippen LogP contribution in [0.3, 0.4) is 0 Å². The van der Waals surface area contributed by atoms with Gasteiger partial charge in [-0.05, 0) is 19.3 Å². The number of nitrogens with zero attached hydrogens (tertiary/aromatic N) is 1. The number of nitrogens with one attached hydrogen (secondary N) is 1. The minimum Gasteiger partial charge on any atom is -0.481 e. The summed E-state index contributed by atoms with van der Waals surface area (Å²) in [4.78, 5) is 11.4. The van der Waals surface area contributed by atoms with Crippen molar-refractivity contribution in [1.82, 2.24) is 9.03 Å². The van der Waals surface area contributed by atoms with Crippen molar-refractivity contribution < 1.29 is 23.1 Å². The van der Waals surface area contributed by atoms with Gasteiger partial charge in [0, 0.05) is 26.7 Å². The van der Waals surface area contributed by atoms with E-state index in [4.69, 9.17) is 4.74 Å². The third-order valence-corrected chi connectivity index (χ3v) is 5.16. The van der Waals surface area contributed by atoms with Gasteiger partial charge in [-0.1, -0.05) is 6.92 Å². The summed E-state index contributed by atoms with van der Waals surface area (Å²) in [6, 6.07) is 0. The molecule has 1 aliphatic heterocycles. The normalized spacial score (nSPS) is 25.4. The first-order chi connectivity index (χ1) is 8.88. The second kappa shape index (κ2) is 6.65. The standard InChI is InChI=1S/C11H22N2O5S/c1-3-11(10(14)15)5-4-7-13(9-11)19(16,17)12-6-8-18-2/h12H,3-9H2,1-2H3,(H,14,15). The Balaban J connectivity index is 2.76. The Kier molecular flexibility index (Phi) is 5.72. The average Bonchev–Trinajstić information content (AvgIpc) is 2.38. The molecule has 0 bridgehead atoms. The maximum Gasteiger partial charge on any atom is 0.310 e. The van der Waals surface area contributed by atoms with Gasteiger partial charge in [-0.3, -0.25) is 4.79 Å². The lowest BCUT2D eigenvalue weighted by Gasteiger charge is -2.38. The summed E-state index contributed by atoms with van der Waals surface area (Å²) in [7, 11) is -2.14. The van der Waals surface area contributed by atoms with Gasteiger partial charge < -0.3 is 9.84 Å². The predicted octanol–water partition coefficient (Wildman–Crippen LogP) is 0.0440. The largest absolute Gasteiger partial charge is 0.481 e. The maximum atomic E-state index is 12.1. The van der Waals surface area contributed by atoms with E-state index in [9.17, 15) is 18.3 Å². The number of aliphatic carboxylic acids is 1. The molecule has 2 N–H and O–H groups in total. The van der Waals surface area contributed by atoms with Crippen LogP contribution in [-0.4, -0.2) is 57.1 Å². The quantitative estimate of drug-likeness (QED) is 0.647. The Bertz CT molecular complexity index is 411. The van der Waals surface area contributed by atoms with E-state index in [-0.39, 0.29) is 19.7 Å². The van der Waals surface area contributed by atoms with Crippen LogP contribution in [0.4, 0.5) is 0 Å². The van der Waals surface area contributed by atoms with Crippen LogP contribution in [0.1, 0.15) is 26.2 Å². The molecule has 112 valence electrons. The molecule has 1 atom stereocenters. The molecule has 0 saturated carbocycles. The smallest absolute Gasteiger partial charge is 0.310 e. The number of ether oxygens (including phenoxy) is 1. The Hall–Kier alpha value is -0.700. The van der Waals surface area contributed by atoms with Crippen molar-refractivity contribution in [1.29, 1.82) is 0 Å². The van der Waals surface area contributed by atoms with E-state index in [0.29, 0.717) is 25.8 Å². The number of carboxylic acids is 1. The lowest BCUT2D eigenvalue weighted by atomic mass is 9.78. The van der Waals surface area contributed by atoms with Crippen molar-refractivity contribution in [3.8, 4) is 0 Å². The van der Waals surface area contributed by atoms with E-state index in [1.54, 1.807) is 6.92 Å². The van der Waals surface area contributed by atoms with Gasteiger partial charge in [0.15, 0.2) is 0 Å². The molecule has 0 aromatic carbocycles. The molecular weight excluding hydrogens is 272 g/mol. The summed E-state index contributed by atoms with van der Waals surface area (Å²) in [6.45, 7) is 2.63. The highest BCUT2D eigenvalue weighted by Gasteiger charge is 2.43. The fourth-order valence-electron chi connectivity index (χ4n) is 2.27. The molecule has 7 nitrogen and oxygen atoms in total. The minimum atomic E-state index is -3.63. The number of hydrogen-bond acceptors (Lipinski definition) is 4. The van der Waals surface area contributed by atoms with Crippen LogP contribution in [0, 0.1) is 5.41 Å². The van der Waals surface area contributed by atoms with E-state index in [2.05, 4.69) is 4.72 Å². The molecule has 1 aliphatic rings. The van der Waals surface area contributed by atoms with Crippen LogP contribution >= 0.6 is 0 Å². The number of carboxylic acid groups (broad SMARTS) is 1. The molecule has 0 amide bonds. The SMILES string of the molecule is CCC1(C(=O)O)CCCN(S(=O)(=O)NCCOC)C1. The molecule has 1 heterocycles. The first-order valence-corrected chi connectivity index (χ1v) is 7.79. The number of carbonyl (C=O) groups is 1. The monoisotopic (exact) mass is 294 g/mol. The Morgan fingerprint density at radius 3 is 2.74 bits per heavy atom. The minimum absolute atomic E-state index is 0.0289. The van der Waals surface area contributed by atoms with Crippen molar-refractivity contribution in [2.75, 3.05) is 33.4 Å². The zero-order valence-corrected chi connectivity index (χ0v) is 12.2. The number of rotatable bonds is 7. The number of methoxy groups -OCH3 is 1. The third-order valence-electron chi connectivity index (χ3n) is 3.60. The second-order valence-electron chi connectivity index (χ2n) is 4.77. The fraction of sp³-hybridized carbons (Fsp3) is 0.909. The summed E-state index contributed by atoms with van der Waals surface area (Å²) < 4.78 is 32.5. The second-order valence-corrected chi connectivity index (χ2v) is 6.52. The average molecular weight is 294 g/mol. The van der Waals surface area contributed by atoms with Gasteiger partial charge >= 0.3 is 5.97 Å². The van der Waals surface area contributed by atoms with Gasteiger partial charge in [0.25, 0.3) is 10.2 Å². The lowest BCUT2D eigenvalue weighted by Crippen LogP contribution is -2.52. The van der Waals surface area contributed by atoms with Crippen LogP contribution in [0.5, 0.6) is 0 Å². The van der Waals surface area contributed by atoms with E-state index in [1.807, 2.05) is 0 Å². The summed E-state index contributed by atoms with van der Waals surface area (Å²) in [5.74, 6) is -0.924. The molecule has 1 saturated heterocycles. The van der Waals surface area contributed by atoms with E-state index in [0.717, 1.165) is 0 Å². The van der Waals surface area contributed by atoms with Crippen molar-refractivity contribution in [2.45, 2.75) is 26.2 Å². The maximum absolute atomic E-state index is 12.1. The summed E-state index contributed by atoms with van der Waals surface area (Å²) in [6.07, 6.45) is 1.50. The van der Waals surface area contributed by atoms with Crippen molar-refractivity contribution in [3.63, 3.8) is 0 Å². The first-order valence-electron chi connectivity index (χ1n) is 6.35. The molecule has 1 fully saturated rings. The highest BCUT2D eigenvalue weighted by Crippen LogP contribution is 2.34. The third kappa shape index (κ3) is 3.88. The zero-order chi connectivity index (χ0) is 14.5. The fourth-order valence-corrected chi connectivity index (χ4v) is 3.58. The van der Waals surface area contributed by atoms with Crippen molar-refractivity contribution in [2.24, 2.45) is 5.41 Å². The van der Waals surface area contributed by atoms with Crippen molar-refractivity contribution in [3.05, 3.63) is 0 Å². The zero-order valence-electron chi connectivity index (χ0n) is 11.4. The van der Waals surface area contributed by atoms with Gasteiger partial charge in [-0.25, -0.2) is 0 Å². The van der Waals surface area contributed by atoms with Crippen molar-refractivity contribution >= 4 is 16.2 Å². The molecule has 0 aliphatic carbocycles. The summed E-state index contributed by atoms with van der Waals surface area (Å²) in [5, 5.41) is 9.32. The van der Waals surface area contributed by atoms with E-state index >= 15 is 0 Å². The van der Waals surface area contributed by atoms with E-state index < -0.39 is 21.6 Å². The molecule has 8 heteroatoms. The Morgan fingerprint density at radius 1 is 1.53 bits per heavy atom. The van der Waals surface area contributed by atoms with Gasteiger partial charge in [-0.2, -0.15) is 17.4 Å². The molecule has 0 spiro atoms. The summed E-state index contributed by atoms with van der Waals surface area (Å²) >= 11 is 0. The topological polar surface area (TPSA) is 95.9 Å². The van der Waals surface area contributed by atoms with Gasteiger partial charge in [-0.15, -0.1) is 0 Å². The molecule has 0 aromatic heterocycles. The lowest BCUT2D eigenvalue weighted by molar-refractivity contribution is -0.151. The van der Waals surface area contributed by atoms with Gasteiger partial charge in [0.05, 0.1) is 12.0 Å². The van der Waals surface area contributed by atoms with Crippen LogP contribution in [0.2, 0.25) is 0 Å². The van der Waals surface area contributed by atoms with Crippen LogP contribution in [0.15, 0.2) is 0 Å². The molecule has 1 rings (SSSR count). The first kappa shape index (κ1) is 16.4.